The van der Waals surface area contributed by atoms with E-state index in [4.69, 9.17) is 20.4 Å². The van der Waals surface area contributed by atoms with Gasteiger partial charge in [0.2, 0.25) is 0 Å². The minimum absolute atomic E-state index is 0.125. The molecule has 0 aromatic rings. The molecule has 1 unspecified atom stereocenters. The van der Waals surface area contributed by atoms with E-state index >= 15 is 0 Å². The maximum Gasteiger partial charge on any atom is 0.306 e. The number of carbonyl (C=O) groups is 2. The molecule has 6 heteroatoms. The number of rotatable bonds is 9. The third-order valence-electron chi connectivity index (χ3n) is 2.30. The highest BCUT2D eigenvalue weighted by molar-refractivity contribution is 5.69. The van der Waals surface area contributed by atoms with Crippen LogP contribution in [0.25, 0.3) is 0 Å². The zero-order chi connectivity index (χ0) is 14.4. The molecule has 0 rings (SSSR count). The number of aliphatic hydroxyl groups excluding tert-OH is 2. The van der Waals surface area contributed by atoms with E-state index in [0.717, 1.165) is 19.3 Å². The largest absolute Gasteiger partial charge is 0.481 e. The Hall–Kier alpha value is -1.14. The highest BCUT2D eigenvalue weighted by atomic mass is 16.4. The number of carboxylic acid groups (broad SMARTS) is 2. The van der Waals surface area contributed by atoms with Crippen LogP contribution < -0.4 is 0 Å². The second-order valence-electron chi connectivity index (χ2n) is 4.03. The van der Waals surface area contributed by atoms with E-state index in [1.165, 1.54) is 0 Å². The summed E-state index contributed by atoms with van der Waals surface area (Å²) in [5, 5.41) is 32.2. The summed E-state index contributed by atoms with van der Waals surface area (Å²) < 4.78 is 0. The number of unbranched alkanes of at least 4 members (excludes halogenated alkanes) is 3. The summed E-state index contributed by atoms with van der Waals surface area (Å²) in [6.07, 6.45) is 4.25. The van der Waals surface area contributed by atoms with E-state index in [9.17, 15) is 9.59 Å². The molecule has 18 heavy (non-hydrogen) atoms. The summed E-state index contributed by atoms with van der Waals surface area (Å²) in [7, 11) is 0. The van der Waals surface area contributed by atoms with E-state index in [1.807, 2.05) is 0 Å². The normalized spacial score (nSPS) is 11.3. The van der Waals surface area contributed by atoms with Crippen LogP contribution in [0.2, 0.25) is 0 Å². The van der Waals surface area contributed by atoms with Gasteiger partial charge in [-0.05, 0) is 12.8 Å². The summed E-state index contributed by atoms with van der Waals surface area (Å²) >= 11 is 0. The minimum atomic E-state index is -0.760. The summed E-state index contributed by atoms with van der Waals surface area (Å²) in [4.78, 5) is 20.6. The molecule has 0 aliphatic rings. The van der Waals surface area contributed by atoms with Crippen LogP contribution in [-0.4, -0.2) is 45.6 Å². The van der Waals surface area contributed by atoms with Crippen molar-refractivity contribution in [1.29, 1.82) is 0 Å². The molecule has 0 amide bonds. The first-order valence-electron chi connectivity index (χ1n) is 6.12. The van der Waals surface area contributed by atoms with Gasteiger partial charge in [0.15, 0.2) is 0 Å². The quantitative estimate of drug-likeness (QED) is 0.464. The van der Waals surface area contributed by atoms with Gasteiger partial charge in [-0.15, -0.1) is 0 Å². The van der Waals surface area contributed by atoms with Gasteiger partial charge >= 0.3 is 11.9 Å². The molecule has 0 saturated heterocycles. The predicted molar refractivity (Wildman–Crippen MR) is 66.3 cm³/mol. The molecule has 0 aromatic heterocycles. The second-order valence-corrected chi connectivity index (χ2v) is 4.03. The third-order valence-corrected chi connectivity index (χ3v) is 2.30. The van der Waals surface area contributed by atoms with Crippen molar-refractivity contribution in [2.75, 3.05) is 13.2 Å². The molecule has 0 saturated carbocycles. The van der Waals surface area contributed by atoms with E-state index < -0.39 is 11.9 Å². The molecule has 0 fully saturated rings. The lowest BCUT2D eigenvalue weighted by Gasteiger charge is -2.04. The van der Waals surface area contributed by atoms with Crippen LogP contribution in [0.1, 0.15) is 45.4 Å². The topological polar surface area (TPSA) is 115 Å². The molecular weight excluding hydrogens is 240 g/mol. The Balaban J connectivity index is 0. The summed E-state index contributed by atoms with van der Waals surface area (Å²) in [6.45, 7) is 1.44. The molecule has 1 atom stereocenters. The molecule has 0 aromatic carbocycles. The number of hydrogen-bond acceptors (Lipinski definition) is 4. The lowest BCUT2D eigenvalue weighted by Crippen LogP contribution is -2.08. The van der Waals surface area contributed by atoms with Gasteiger partial charge in [-0.3, -0.25) is 9.59 Å². The number of aliphatic carboxylic acids is 2. The minimum Gasteiger partial charge on any atom is -0.481 e. The van der Waals surface area contributed by atoms with Crippen LogP contribution >= 0.6 is 0 Å². The lowest BCUT2D eigenvalue weighted by molar-refractivity contribution is -0.141. The number of carboxylic acids is 2. The van der Waals surface area contributed by atoms with E-state index in [0.29, 0.717) is 12.8 Å². The Labute approximate surface area is 107 Å². The standard InChI is InChI=1S/C10H18O4.C2H6O2/c1-8(10(13)14)6-4-2-3-5-7-9(11)12;3-1-2-4/h8H,2-7H2,1H3,(H,11,12)(H,13,14);3-4H,1-2H2. The molecule has 0 heterocycles. The van der Waals surface area contributed by atoms with Gasteiger partial charge in [0, 0.05) is 6.42 Å². The van der Waals surface area contributed by atoms with Gasteiger partial charge in [-0.1, -0.05) is 26.2 Å². The Morgan fingerprint density at radius 3 is 1.83 bits per heavy atom. The lowest BCUT2D eigenvalue weighted by atomic mass is 10.0. The SMILES string of the molecule is CC(CCCCCCC(=O)O)C(=O)O.OCCO. The van der Waals surface area contributed by atoms with Crippen LogP contribution in [0.15, 0.2) is 0 Å². The summed E-state index contributed by atoms with van der Waals surface area (Å²) in [5.74, 6) is -1.80. The third kappa shape index (κ3) is 17.3. The maximum atomic E-state index is 10.4. The van der Waals surface area contributed by atoms with Crippen LogP contribution in [0.3, 0.4) is 0 Å². The predicted octanol–water partition coefficient (Wildman–Crippen LogP) is 1.10. The molecular formula is C12H24O6. The molecule has 0 bridgehead atoms. The van der Waals surface area contributed by atoms with Crippen molar-refractivity contribution >= 4 is 11.9 Å². The zero-order valence-electron chi connectivity index (χ0n) is 10.8. The molecule has 0 aliphatic carbocycles. The van der Waals surface area contributed by atoms with Crippen molar-refractivity contribution < 1.29 is 30.0 Å². The van der Waals surface area contributed by atoms with Gasteiger partial charge in [-0.25, -0.2) is 0 Å². The Kier molecular flexibility index (Phi) is 14.9. The Bertz CT molecular complexity index is 215. The van der Waals surface area contributed by atoms with Crippen molar-refractivity contribution in [2.45, 2.75) is 45.4 Å². The first-order valence-corrected chi connectivity index (χ1v) is 6.12. The molecule has 0 spiro atoms. The van der Waals surface area contributed by atoms with Gasteiger partial charge < -0.3 is 20.4 Å². The first-order chi connectivity index (χ1) is 8.45. The first kappa shape index (κ1) is 19.2. The fourth-order valence-corrected chi connectivity index (χ4v) is 1.20. The molecule has 0 radical (unpaired) electrons. The van der Waals surface area contributed by atoms with Crippen LogP contribution in [0.4, 0.5) is 0 Å². The fourth-order valence-electron chi connectivity index (χ4n) is 1.20. The summed E-state index contributed by atoms with van der Waals surface area (Å²) in [6, 6.07) is 0. The van der Waals surface area contributed by atoms with Crippen molar-refractivity contribution in [3.8, 4) is 0 Å². The monoisotopic (exact) mass is 264 g/mol. The van der Waals surface area contributed by atoms with Crippen LogP contribution in [0, 0.1) is 5.92 Å². The Morgan fingerprint density at radius 1 is 0.944 bits per heavy atom. The second kappa shape index (κ2) is 13.9. The summed E-state index contributed by atoms with van der Waals surface area (Å²) in [5.41, 5.74) is 0. The van der Waals surface area contributed by atoms with E-state index in [-0.39, 0.29) is 25.6 Å². The molecule has 6 nitrogen and oxygen atoms in total. The van der Waals surface area contributed by atoms with Crippen molar-refractivity contribution in [1.82, 2.24) is 0 Å². The fraction of sp³-hybridized carbons (Fsp3) is 0.833. The smallest absolute Gasteiger partial charge is 0.306 e. The highest BCUT2D eigenvalue weighted by Gasteiger charge is 2.09. The highest BCUT2D eigenvalue weighted by Crippen LogP contribution is 2.11. The van der Waals surface area contributed by atoms with Crippen molar-refractivity contribution in [3.05, 3.63) is 0 Å². The van der Waals surface area contributed by atoms with Crippen molar-refractivity contribution in [3.63, 3.8) is 0 Å². The van der Waals surface area contributed by atoms with Gasteiger partial charge in [0.25, 0.3) is 0 Å². The Morgan fingerprint density at radius 2 is 1.44 bits per heavy atom. The zero-order valence-corrected chi connectivity index (χ0v) is 10.8. The molecule has 0 aliphatic heterocycles. The maximum absolute atomic E-state index is 10.4. The van der Waals surface area contributed by atoms with Crippen LogP contribution in [0.5, 0.6) is 0 Å². The van der Waals surface area contributed by atoms with Gasteiger partial charge in [-0.2, -0.15) is 0 Å². The van der Waals surface area contributed by atoms with Crippen LogP contribution in [-0.2, 0) is 9.59 Å². The number of aliphatic hydroxyl groups is 2. The van der Waals surface area contributed by atoms with E-state index in [1.54, 1.807) is 6.92 Å². The molecule has 4 N–H and O–H groups in total. The number of hydrogen-bond donors (Lipinski definition) is 4. The molecule has 108 valence electrons. The van der Waals surface area contributed by atoms with Gasteiger partial charge in [0.05, 0.1) is 19.1 Å². The van der Waals surface area contributed by atoms with Gasteiger partial charge in [0.1, 0.15) is 0 Å². The van der Waals surface area contributed by atoms with E-state index in [2.05, 4.69) is 0 Å². The average Bonchev–Trinajstić information content (AvgIpc) is 2.33. The van der Waals surface area contributed by atoms with Crippen molar-refractivity contribution in [2.24, 2.45) is 5.92 Å². The average molecular weight is 264 g/mol.